The second kappa shape index (κ2) is 4.18. The fraction of sp³-hybridized carbons (Fsp3) is 0.571. The minimum atomic E-state index is -0.681. The molecule has 0 atom stereocenters. The van der Waals surface area contributed by atoms with Crippen LogP contribution in [0.5, 0.6) is 5.75 Å². The van der Waals surface area contributed by atoms with Gasteiger partial charge in [-0.1, -0.05) is 18.0 Å². The van der Waals surface area contributed by atoms with E-state index in [0.29, 0.717) is 10.9 Å². The summed E-state index contributed by atoms with van der Waals surface area (Å²) >= 11 is 5.99. The average Bonchev–Trinajstić information content (AvgIpc) is 2.97. The molecule has 3 rings (SSSR count). The number of hydrogen-bond donors (Lipinski definition) is 1. The summed E-state index contributed by atoms with van der Waals surface area (Å²) in [6, 6.07) is 5.55. The van der Waals surface area contributed by atoms with Gasteiger partial charge >= 0.3 is 0 Å². The molecule has 0 saturated heterocycles. The normalized spacial score (nSPS) is 22.0. The first-order valence-corrected chi connectivity index (χ1v) is 6.70. The van der Waals surface area contributed by atoms with Crippen LogP contribution in [0, 0.1) is 5.92 Å². The lowest BCUT2D eigenvalue weighted by molar-refractivity contribution is 0.137. The van der Waals surface area contributed by atoms with Gasteiger partial charge in [-0.2, -0.15) is 0 Å². The van der Waals surface area contributed by atoms with Gasteiger partial charge in [0.15, 0.2) is 0 Å². The molecule has 17 heavy (non-hydrogen) atoms. The van der Waals surface area contributed by atoms with Gasteiger partial charge in [0, 0.05) is 10.6 Å². The largest absolute Gasteiger partial charge is 0.493 e. The van der Waals surface area contributed by atoms with E-state index in [9.17, 15) is 5.11 Å². The fourth-order valence-electron chi connectivity index (χ4n) is 2.25. The summed E-state index contributed by atoms with van der Waals surface area (Å²) in [5, 5.41) is 10.9. The second-order valence-electron chi connectivity index (χ2n) is 5.28. The Morgan fingerprint density at radius 2 is 2.12 bits per heavy atom. The Balaban J connectivity index is 1.77. The molecule has 92 valence electrons. The third-order valence-electron chi connectivity index (χ3n) is 3.87. The van der Waals surface area contributed by atoms with Crippen LogP contribution >= 0.6 is 11.6 Å². The van der Waals surface area contributed by atoms with Crippen molar-refractivity contribution < 1.29 is 9.84 Å². The van der Waals surface area contributed by atoms with E-state index in [-0.39, 0.29) is 0 Å². The number of aliphatic hydroxyl groups is 1. The molecule has 0 aromatic heterocycles. The minimum Gasteiger partial charge on any atom is -0.493 e. The standard InChI is InChI=1S/C14H17ClO2/c15-11-4-5-13(17-9-10-2-1-3-10)12(8-11)14(16)6-7-14/h4-5,8,10,16H,1-3,6-7,9H2. The molecule has 0 unspecified atom stereocenters. The molecule has 1 N–H and O–H groups in total. The molecule has 0 radical (unpaired) electrons. The van der Waals surface area contributed by atoms with Crippen molar-refractivity contribution in [3.05, 3.63) is 28.8 Å². The first kappa shape index (κ1) is 11.4. The van der Waals surface area contributed by atoms with Crippen LogP contribution in [-0.4, -0.2) is 11.7 Å². The van der Waals surface area contributed by atoms with Crippen molar-refractivity contribution in [1.29, 1.82) is 0 Å². The maximum Gasteiger partial charge on any atom is 0.125 e. The third kappa shape index (κ3) is 2.29. The predicted molar refractivity (Wildman–Crippen MR) is 67.4 cm³/mol. The van der Waals surface area contributed by atoms with Gasteiger partial charge in [-0.3, -0.25) is 0 Å². The molecule has 2 aliphatic carbocycles. The van der Waals surface area contributed by atoms with Gasteiger partial charge in [0.1, 0.15) is 5.75 Å². The summed E-state index contributed by atoms with van der Waals surface area (Å²) in [4.78, 5) is 0. The summed E-state index contributed by atoms with van der Waals surface area (Å²) in [5.41, 5.74) is 0.184. The van der Waals surface area contributed by atoms with Gasteiger partial charge in [-0.15, -0.1) is 0 Å². The molecule has 0 aliphatic heterocycles. The van der Waals surface area contributed by atoms with E-state index >= 15 is 0 Å². The topological polar surface area (TPSA) is 29.5 Å². The summed E-state index contributed by atoms with van der Waals surface area (Å²) in [6.07, 6.45) is 5.49. The monoisotopic (exact) mass is 252 g/mol. The molecule has 2 saturated carbocycles. The Morgan fingerprint density at radius 3 is 2.71 bits per heavy atom. The molecule has 0 amide bonds. The maximum atomic E-state index is 10.2. The van der Waals surface area contributed by atoms with Gasteiger partial charge < -0.3 is 9.84 Å². The van der Waals surface area contributed by atoms with Crippen LogP contribution in [0.15, 0.2) is 18.2 Å². The first-order valence-electron chi connectivity index (χ1n) is 6.33. The van der Waals surface area contributed by atoms with Gasteiger partial charge in [-0.05, 0) is 49.8 Å². The summed E-state index contributed by atoms with van der Waals surface area (Å²) < 4.78 is 5.84. The molecule has 1 aromatic rings. The van der Waals surface area contributed by atoms with Crippen LogP contribution in [0.25, 0.3) is 0 Å². The molecule has 2 fully saturated rings. The Hall–Kier alpha value is -0.730. The van der Waals surface area contributed by atoms with Crippen molar-refractivity contribution in [1.82, 2.24) is 0 Å². The van der Waals surface area contributed by atoms with Crippen LogP contribution in [0.1, 0.15) is 37.7 Å². The van der Waals surface area contributed by atoms with Crippen molar-refractivity contribution in [2.75, 3.05) is 6.61 Å². The minimum absolute atomic E-state index is 0.663. The predicted octanol–water partition coefficient (Wildman–Crippen LogP) is 3.50. The lowest BCUT2D eigenvalue weighted by Gasteiger charge is -2.26. The molecule has 1 aromatic carbocycles. The number of halogens is 1. The summed E-state index contributed by atoms with van der Waals surface area (Å²) in [7, 11) is 0. The van der Waals surface area contributed by atoms with Crippen LogP contribution in [-0.2, 0) is 5.60 Å². The van der Waals surface area contributed by atoms with Gasteiger partial charge in [0.2, 0.25) is 0 Å². The number of ether oxygens (including phenoxy) is 1. The van der Waals surface area contributed by atoms with Gasteiger partial charge in [-0.25, -0.2) is 0 Å². The number of benzene rings is 1. The lowest BCUT2D eigenvalue weighted by Crippen LogP contribution is -2.20. The van der Waals surface area contributed by atoms with Crippen molar-refractivity contribution in [2.45, 2.75) is 37.7 Å². The first-order chi connectivity index (χ1) is 8.17. The zero-order valence-electron chi connectivity index (χ0n) is 9.79. The highest BCUT2D eigenvalue weighted by molar-refractivity contribution is 6.30. The number of hydrogen-bond acceptors (Lipinski definition) is 2. The van der Waals surface area contributed by atoms with E-state index in [1.807, 2.05) is 18.2 Å². The third-order valence-corrected chi connectivity index (χ3v) is 4.10. The number of rotatable bonds is 4. The average molecular weight is 253 g/mol. The molecule has 0 heterocycles. The maximum absolute atomic E-state index is 10.2. The van der Waals surface area contributed by atoms with E-state index in [2.05, 4.69) is 0 Å². The van der Waals surface area contributed by atoms with Crippen molar-refractivity contribution in [2.24, 2.45) is 5.92 Å². The Kier molecular flexibility index (Phi) is 2.80. The highest BCUT2D eigenvalue weighted by Gasteiger charge is 2.44. The highest BCUT2D eigenvalue weighted by atomic mass is 35.5. The van der Waals surface area contributed by atoms with E-state index in [1.165, 1.54) is 19.3 Å². The van der Waals surface area contributed by atoms with Crippen LogP contribution in [0.2, 0.25) is 5.02 Å². The zero-order valence-corrected chi connectivity index (χ0v) is 10.5. The second-order valence-corrected chi connectivity index (χ2v) is 5.72. The smallest absolute Gasteiger partial charge is 0.125 e. The van der Waals surface area contributed by atoms with Crippen LogP contribution in [0.3, 0.4) is 0 Å². The quantitative estimate of drug-likeness (QED) is 0.889. The van der Waals surface area contributed by atoms with Crippen molar-refractivity contribution in [3.8, 4) is 5.75 Å². The van der Waals surface area contributed by atoms with E-state index in [4.69, 9.17) is 16.3 Å². The molecule has 0 spiro atoms. The van der Waals surface area contributed by atoms with E-state index < -0.39 is 5.60 Å². The highest BCUT2D eigenvalue weighted by Crippen LogP contribution is 2.49. The molecular formula is C14H17ClO2. The molecule has 2 aliphatic rings. The van der Waals surface area contributed by atoms with Crippen molar-refractivity contribution in [3.63, 3.8) is 0 Å². The van der Waals surface area contributed by atoms with Crippen LogP contribution < -0.4 is 4.74 Å². The molecule has 3 heteroatoms. The summed E-state index contributed by atoms with van der Waals surface area (Å²) in [6.45, 7) is 0.769. The zero-order chi connectivity index (χ0) is 11.9. The SMILES string of the molecule is OC1(c2cc(Cl)ccc2OCC2CCC2)CC1. The fourth-order valence-corrected chi connectivity index (χ4v) is 2.42. The van der Waals surface area contributed by atoms with E-state index in [1.54, 1.807) is 0 Å². The summed E-state index contributed by atoms with van der Waals surface area (Å²) in [5.74, 6) is 1.51. The van der Waals surface area contributed by atoms with Crippen molar-refractivity contribution >= 4 is 11.6 Å². The van der Waals surface area contributed by atoms with Gasteiger partial charge in [0.05, 0.1) is 12.2 Å². The Bertz CT molecular complexity index is 422. The van der Waals surface area contributed by atoms with Gasteiger partial charge in [0.25, 0.3) is 0 Å². The lowest BCUT2D eigenvalue weighted by atomic mass is 9.86. The molecule has 2 nitrogen and oxygen atoms in total. The Morgan fingerprint density at radius 1 is 1.35 bits per heavy atom. The molecule has 0 bridgehead atoms. The van der Waals surface area contributed by atoms with E-state index in [0.717, 1.165) is 30.8 Å². The molecular weight excluding hydrogens is 236 g/mol. The Labute approximate surface area is 107 Å². The van der Waals surface area contributed by atoms with Crippen LogP contribution in [0.4, 0.5) is 0 Å².